The molecule has 1 aromatic heterocycles. The van der Waals surface area contributed by atoms with Gasteiger partial charge < -0.3 is 4.57 Å². The summed E-state index contributed by atoms with van der Waals surface area (Å²) in [6.07, 6.45) is 1.92. The molecule has 3 heteroatoms. The van der Waals surface area contributed by atoms with Gasteiger partial charge in [-0.2, -0.15) is 5.26 Å². The lowest BCUT2D eigenvalue weighted by Gasteiger charge is -2.18. The fraction of sp³-hybridized carbons (Fsp3) is 0.273. The second-order valence-electron chi connectivity index (χ2n) is 7.21. The summed E-state index contributed by atoms with van der Waals surface area (Å²) in [5, 5.41) is 9.70. The molecule has 25 heavy (non-hydrogen) atoms. The number of nitriles is 1. The fourth-order valence-electron chi connectivity index (χ4n) is 2.99. The van der Waals surface area contributed by atoms with Gasteiger partial charge in [-0.3, -0.25) is 0 Å². The minimum absolute atomic E-state index is 0.122. The standard InChI is InChI=1S/C22H23N3/c1-5-25-20-9-7-6-8-19(20)24-21(25)17(15-23)14-16-10-12-18(13-11-16)22(2,3)4/h6-14H,5H2,1-4H3/b17-14+. The van der Waals surface area contributed by atoms with E-state index in [1.54, 1.807) is 0 Å². The molecule has 3 aromatic rings. The number of fused-ring (bicyclic) bond motifs is 1. The van der Waals surface area contributed by atoms with Crippen LogP contribution in [-0.4, -0.2) is 9.55 Å². The van der Waals surface area contributed by atoms with Crippen LogP contribution in [0, 0.1) is 11.3 Å². The molecule has 0 aliphatic carbocycles. The van der Waals surface area contributed by atoms with Gasteiger partial charge in [-0.05, 0) is 41.7 Å². The van der Waals surface area contributed by atoms with E-state index in [1.165, 1.54) is 5.56 Å². The highest BCUT2D eigenvalue weighted by Crippen LogP contribution is 2.25. The monoisotopic (exact) mass is 329 g/mol. The number of hydrogen-bond donors (Lipinski definition) is 0. The van der Waals surface area contributed by atoms with Gasteiger partial charge in [0.1, 0.15) is 6.07 Å². The molecule has 0 bridgehead atoms. The first-order chi connectivity index (χ1) is 11.9. The predicted molar refractivity (Wildman–Crippen MR) is 104 cm³/mol. The van der Waals surface area contributed by atoms with E-state index >= 15 is 0 Å². The zero-order valence-electron chi connectivity index (χ0n) is 15.2. The Bertz CT molecular complexity index is 961. The van der Waals surface area contributed by atoms with Crippen molar-refractivity contribution in [3.05, 3.63) is 65.5 Å². The molecule has 0 spiro atoms. The molecule has 0 fully saturated rings. The maximum atomic E-state index is 9.70. The van der Waals surface area contributed by atoms with Crippen LogP contribution in [0.2, 0.25) is 0 Å². The van der Waals surface area contributed by atoms with E-state index in [-0.39, 0.29) is 5.41 Å². The van der Waals surface area contributed by atoms with Crippen LogP contribution in [0.25, 0.3) is 22.7 Å². The first-order valence-electron chi connectivity index (χ1n) is 8.62. The van der Waals surface area contributed by atoms with E-state index in [0.717, 1.165) is 29.0 Å². The third-order valence-corrected chi connectivity index (χ3v) is 4.42. The molecule has 3 nitrogen and oxygen atoms in total. The van der Waals surface area contributed by atoms with Crippen LogP contribution < -0.4 is 0 Å². The molecule has 0 aliphatic heterocycles. The van der Waals surface area contributed by atoms with Crippen LogP contribution >= 0.6 is 0 Å². The third-order valence-electron chi connectivity index (χ3n) is 4.42. The van der Waals surface area contributed by atoms with E-state index in [1.807, 2.05) is 30.3 Å². The molecule has 126 valence electrons. The number of aromatic nitrogens is 2. The van der Waals surface area contributed by atoms with Crippen molar-refractivity contribution in [2.45, 2.75) is 39.7 Å². The summed E-state index contributed by atoms with van der Waals surface area (Å²) in [6.45, 7) is 9.44. The average molecular weight is 329 g/mol. The van der Waals surface area contributed by atoms with Crippen LogP contribution in [0.15, 0.2) is 48.5 Å². The molecule has 2 aromatic carbocycles. The molecule has 0 unspecified atom stereocenters. The van der Waals surface area contributed by atoms with Crippen molar-refractivity contribution in [1.29, 1.82) is 5.26 Å². The Kier molecular flexibility index (Phi) is 4.46. The van der Waals surface area contributed by atoms with Gasteiger partial charge >= 0.3 is 0 Å². The second kappa shape index (κ2) is 6.57. The number of allylic oxidation sites excluding steroid dienone is 1. The SMILES string of the molecule is CCn1c(/C(C#N)=C/c2ccc(C(C)(C)C)cc2)nc2ccccc21. The fourth-order valence-corrected chi connectivity index (χ4v) is 2.99. The maximum absolute atomic E-state index is 9.70. The summed E-state index contributed by atoms with van der Waals surface area (Å²) in [7, 11) is 0. The summed E-state index contributed by atoms with van der Waals surface area (Å²) < 4.78 is 2.09. The molecule has 0 saturated carbocycles. The van der Waals surface area contributed by atoms with Gasteiger partial charge in [-0.15, -0.1) is 0 Å². The Morgan fingerprint density at radius 2 is 1.80 bits per heavy atom. The topological polar surface area (TPSA) is 41.6 Å². The number of aryl methyl sites for hydroxylation is 1. The summed E-state index contributed by atoms with van der Waals surface area (Å²) in [5.74, 6) is 0.728. The summed E-state index contributed by atoms with van der Waals surface area (Å²) in [4.78, 5) is 4.68. The Balaban J connectivity index is 2.06. The zero-order chi connectivity index (χ0) is 18.0. The van der Waals surface area contributed by atoms with Crippen molar-refractivity contribution < 1.29 is 0 Å². The van der Waals surface area contributed by atoms with E-state index < -0.39 is 0 Å². The molecule has 0 aliphatic rings. The van der Waals surface area contributed by atoms with Crippen molar-refractivity contribution in [1.82, 2.24) is 9.55 Å². The molecular weight excluding hydrogens is 306 g/mol. The zero-order valence-corrected chi connectivity index (χ0v) is 15.2. The lowest BCUT2D eigenvalue weighted by atomic mass is 9.86. The van der Waals surface area contributed by atoms with Crippen molar-refractivity contribution >= 4 is 22.7 Å². The molecule has 0 saturated heterocycles. The van der Waals surface area contributed by atoms with E-state index in [2.05, 4.69) is 67.6 Å². The Morgan fingerprint density at radius 3 is 2.40 bits per heavy atom. The van der Waals surface area contributed by atoms with Crippen molar-refractivity contribution in [2.75, 3.05) is 0 Å². The average Bonchev–Trinajstić information content (AvgIpc) is 2.97. The molecule has 0 N–H and O–H groups in total. The highest BCUT2D eigenvalue weighted by molar-refractivity contribution is 5.90. The normalized spacial score (nSPS) is 12.4. The predicted octanol–water partition coefficient (Wildman–Crippen LogP) is 5.42. The van der Waals surface area contributed by atoms with Crippen molar-refractivity contribution in [2.24, 2.45) is 0 Å². The molecule has 1 heterocycles. The first-order valence-corrected chi connectivity index (χ1v) is 8.62. The van der Waals surface area contributed by atoms with Crippen LogP contribution in [0.1, 0.15) is 44.6 Å². The molecule has 0 radical (unpaired) electrons. The molecule has 0 amide bonds. The summed E-state index contributed by atoms with van der Waals surface area (Å²) in [5.41, 5.74) is 4.98. The molecule has 3 rings (SSSR count). The van der Waals surface area contributed by atoms with Crippen LogP contribution in [0.3, 0.4) is 0 Å². The third kappa shape index (κ3) is 3.34. The number of hydrogen-bond acceptors (Lipinski definition) is 2. The van der Waals surface area contributed by atoms with E-state index in [9.17, 15) is 5.26 Å². The minimum atomic E-state index is 0.122. The highest BCUT2D eigenvalue weighted by atomic mass is 15.1. The van der Waals surface area contributed by atoms with Crippen molar-refractivity contribution in [3.8, 4) is 6.07 Å². The van der Waals surface area contributed by atoms with Gasteiger partial charge in [0.25, 0.3) is 0 Å². The number of rotatable bonds is 3. The smallest absolute Gasteiger partial charge is 0.151 e. The first kappa shape index (κ1) is 17.0. The van der Waals surface area contributed by atoms with Gasteiger partial charge in [0.15, 0.2) is 5.82 Å². The van der Waals surface area contributed by atoms with Gasteiger partial charge in [0, 0.05) is 6.54 Å². The van der Waals surface area contributed by atoms with Crippen LogP contribution in [0.4, 0.5) is 0 Å². The second-order valence-corrected chi connectivity index (χ2v) is 7.21. The number of imidazole rings is 1. The van der Waals surface area contributed by atoms with Gasteiger partial charge in [0.05, 0.1) is 16.6 Å². The Labute approximate surface area is 149 Å². The maximum Gasteiger partial charge on any atom is 0.151 e. The summed E-state index contributed by atoms with van der Waals surface area (Å²) >= 11 is 0. The van der Waals surface area contributed by atoms with Gasteiger partial charge in [-0.1, -0.05) is 57.2 Å². The molecular formula is C22H23N3. The lowest BCUT2D eigenvalue weighted by Crippen LogP contribution is -2.10. The van der Waals surface area contributed by atoms with Gasteiger partial charge in [0.2, 0.25) is 0 Å². The highest BCUT2D eigenvalue weighted by Gasteiger charge is 2.15. The van der Waals surface area contributed by atoms with Crippen LogP contribution in [0.5, 0.6) is 0 Å². The number of nitrogens with zero attached hydrogens (tertiary/aromatic N) is 3. The Morgan fingerprint density at radius 1 is 1.12 bits per heavy atom. The molecule has 0 atom stereocenters. The van der Waals surface area contributed by atoms with E-state index in [0.29, 0.717) is 5.57 Å². The van der Waals surface area contributed by atoms with Crippen molar-refractivity contribution in [3.63, 3.8) is 0 Å². The van der Waals surface area contributed by atoms with Gasteiger partial charge in [-0.25, -0.2) is 4.98 Å². The summed E-state index contributed by atoms with van der Waals surface area (Å²) in [6, 6.07) is 18.7. The quantitative estimate of drug-likeness (QED) is 0.602. The largest absolute Gasteiger partial charge is 0.324 e. The number of benzene rings is 2. The van der Waals surface area contributed by atoms with E-state index in [4.69, 9.17) is 0 Å². The van der Waals surface area contributed by atoms with Crippen LogP contribution in [-0.2, 0) is 12.0 Å². The lowest BCUT2D eigenvalue weighted by molar-refractivity contribution is 0.590. The Hall–Kier alpha value is -2.86. The number of para-hydroxylation sites is 2. The minimum Gasteiger partial charge on any atom is -0.324 e.